The highest BCUT2D eigenvalue weighted by Crippen LogP contribution is 2.46. The van der Waals surface area contributed by atoms with E-state index in [9.17, 15) is 4.79 Å². The summed E-state index contributed by atoms with van der Waals surface area (Å²) in [7, 11) is 1.32. The second-order valence-corrected chi connectivity index (χ2v) is 10.4. The van der Waals surface area contributed by atoms with Gasteiger partial charge in [-0.1, -0.05) is 52.1 Å². The molecule has 1 saturated carbocycles. The van der Waals surface area contributed by atoms with Gasteiger partial charge in [-0.15, -0.1) is 10.2 Å². The van der Waals surface area contributed by atoms with Gasteiger partial charge in [-0.2, -0.15) is 0 Å². The molecular weight excluding hydrogens is 577 g/mol. The fourth-order valence-electron chi connectivity index (χ4n) is 4.31. The highest BCUT2D eigenvalue weighted by Gasteiger charge is 2.33. The van der Waals surface area contributed by atoms with E-state index in [0.717, 1.165) is 24.2 Å². The molecule has 3 aromatic carbocycles. The predicted octanol–water partition coefficient (Wildman–Crippen LogP) is 8.26. The van der Waals surface area contributed by atoms with Gasteiger partial charge in [0.1, 0.15) is 23.8 Å². The van der Waals surface area contributed by atoms with E-state index in [2.05, 4.69) is 15.4 Å². The summed E-state index contributed by atoms with van der Waals surface area (Å²) < 4.78 is 22.5. The fourth-order valence-corrected chi connectivity index (χ4v) is 5.14. The Bertz CT molecular complexity index is 1710. The third-order valence-corrected chi connectivity index (χ3v) is 7.42. The van der Waals surface area contributed by atoms with E-state index in [1.54, 1.807) is 60.7 Å². The molecule has 8 nitrogen and oxygen atoms in total. The molecule has 0 unspecified atom stereocenters. The lowest BCUT2D eigenvalue weighted by atomic mass is 10.0. The molecule has 0 N–H and O–H groups in total. The van der Waals surface area contributed by atoms with E-state index >= 15 is 0 Å². The number of methoxy groups -OCH3 is 1. The van der Waals surface area contributed by atoms with E-state index in [4.69, 9.17) is 53.2 Å². The van der Waals surface area contributed by atoms with Crippen LogP contribution in [0.3, 0.4) is 0 Å². The summed E-state index contributed by atoms with van der Waals surface area (Å²) in [4.78, 5) is 11.9. The molecule has 1 aliphatic carbocycles. The van der Waals surface area contributed by atoms with Gasteiger partial charge in [0.15, 0.2) is 0 Å². The SMILES string of the molecule is COC(=O)c1cccc(-c2nnc(-c3ccc(OCc4c(-c5c(Cl)cccc5Cl)noc4C4CC4)cc3Cl)o2)c1. The molecule has 6 rings (SSSR count). The summed E-state index contributed by atoms with van der Waals surface area (Å²) in [5, 5.41) is 13.9. The van der Waals surface area contributed by atoms with Crippen LogP contribution < -0.4 is 4.74 Å². The van der Waals surface area contributed by atoms with Gasteiger partial charge in [-0.3, -0.25) is 0 Å². The van der Waals surface area contributed by atoms with Gasteiger partial charge in [-0.05, 0) is 61.4 Å². The molecule has 40 heavy (non-hydrogen) atoms. The van der Waals surface area contributed by atoms with Crippen molar-refractivity contribution in [2.75, 3.05) is 7.11 Å². The number of rotatable bonds is 8. The summed E-state index contributed by atoms with van der Waals surface area (Å²) in [6, 6.07) is 17.2. The van der Waals surface area contributed by atoms with E-state index in [0.29, 0.717) is 54.7 Å². The number of esters is 1. The fraction of sp³-hybridized carbons (Fsp3) is 0.172. The van der Waals surface area contributed by atoms with Gasteiger partial charge in [-0.25, -0.2) is 4.79 Å². The Kier molecular flexibility index (Phi) is 7.23. The molecule has 0 amide bonds. The summed E-state index contributed by atoms with van der Waals surface area (Å²) >= 11 is 19.5. The number of hydrogen-bond donors (Lipinski definition) is 0. The number of ether oxygens (including phenoxy) is 2. The second kappa shape index (κ2) is 11.0. The van der Waals surface area contributed by atoms with E-state index < -0.39 is 5.97 Å². The van der Waals surface area contributed by atoms with Crippen molar-refractivity contribution in [2.24, 2.45) is 0 Å². The number of nitrogens with zero attached hydrogens (tertiary/aromatic N) is 3. The molecule has 5 aromatic rings. The monoisotopic (exact) mass is 595 g/mol. The molecule has 0 bridgehead atoms. The van der Waals surface area contributed by atoms with Crippen LogP contribution in [-0.4, -0.2) is 28.4 Å². The first-order chi connectivity index (χ1) is 19.4. The Morgan fingerprint density at radius 1 is 0.950 bits per heavy atom. The van der Waals surface area contributed by atoms with Crippen molar-refractivity contribution in [2.45, 2.75) is 25.4 Å². The highest BCUT2D eigenvalue weighted by molar-refractivity contribution is 6.39. The summed E-state index contributed by atoms with van der Waals surface area (Å²) in [5.41, 5.74) is 3.45. The van der Waals surface area contributed by atoms with Crippen LogP contribution in [0.5, 0.6) is 5.75 Å². The zero-order valence-electron chi connectivity index (χ0n) is 21.0. The molecule has 1 aliphatic rings. The zero-order valence-corrected chi connectivity index (χ0v) is 23.3. The highest BCUT2D eigenvalue weighted by atomic mass is 35.5. The van der Waals surface area contributed by atoms with Crippen LogP contribution >= 0.6 is 34.8 Å². The minimum Gasteiger partial charge on any atom is -0.489 e. The topological polar surface area (TPSA) is 100 Å². The Hall–Kier alpha value is -3.85. The first-order valence-electron chi connectivity index (χ1n) is 12.3. The van der Waals surface area contributed by atoms with E-state index in [-0.39, 0.29) is 18.4 Å². The Morgan fingerprint density at radius 3 is 2.42 bits per heavy atom. The maximum Gasteiger partial charge on any atom is 0.337 e. The normalized spacial score (nSPS) is 12.9. The zero-order chi connectivity index (χ0) is 27.8. The standard InChI is InChI=1S/C29H20Cl3N3O5/c1-37-29(36)17-5-2-4-16(12-17)27-33-34-28(39-27)19-11-10-18(13-23(19)32)38-14-20-25(35-40-26(20)15-8-9-15)24-21(30)6-3-7-22(24)31/h2-7,10-13,15H,8-9,14H2,1H3. The third kappa shape index (κ3) is 5.18. The van der Waals surface area contributed by atoms with Gasteiger partial charge >= 0.3 is 5.97 Å². The first-order valence-corrected chi connectivity index (χ1v) is 13.4. The van der Waals surface area contributed by atoms with Gasteiger partial charge in [0.05, 0.1) is 38.9 Å². The minimum atomic E-state index is -0.460. The summed E-state index contributed by atoms with van der Waals surface area (Å²) in [6.45, 7) is 0.184. The first kappa shape index (κ1) is 26.4. The van der Waals surface area contributed by atoms with Crippen molar-refractivity contribution in [1.29, 1.82) is 0 Å². The molecule has 0 aliphatic heterocycles. The smallest absolute Gasteiger partial charge is 0.337 e. The largest absolute Gasteiger partial charge is 0.489 e. The van der Waals surface area contributed by atoms with Crippen LogP contribution in [0.15, 0.2) is 69.6 Å². The van der Waals surface area contributed by atoms with Crippen molar-refractivity contribution in [3.05, 3.63) is 92.6 Å². The maximum absolute atomic E-state index is 11.9. The molecule has 0 radical (unpaired) electrons. The number of halogens is 3. The number of carbonyl (C=O) groups excluding carboxylic acids is 1. The third-order valence-electron chi connectivity index (χ3n) is 6.48. The van der Waals surface area contributed by atoms with Crippen molar-refractivity contribution in [3.63, 3.8) is 0 Å². The molecule has 1 fully saturated rings. The molecule has 11 heteroatoms. The van der Waals surface area contributed by atoms with Crippen molar-refractivity contribution in [3.8, 4) is 39.9 Å². The predicted molar refractivity (Wildman–Crippen MR) is 150 cm³/mol. The van der Waals surface area contributed by atoms with Crippen molar-refractivity contribution >= 4 is 40.8 Å². The Labute approximate surface area is 243 Å². The average molecular weight is 597 g/mol. The second-order valence-electron chi connectivity index (χ2n) is 9.16. The average Bonchev–Trinajstić information content (AvgIpc) is 3.53. The van der Waals surface area contributed by atoms with E-state index in [1.165, 1.54) is 7.11 Å². The van der Waals surface area contributed by atoms with Crippen LogP contribution in [0.1, 0.15) is 40.4 Å². The lowest BCUT2D eigenvalue weighted by Crippen LogP contribution is -2.00. The van der Waals surface area contributed by atoms with Gasteiger partial charge in [0.25, 0.3) is 0 Å². The Morgan fingerprint density at radius 2 is 1.70 bits per heavy atom. The van der Waals surface area contributed by atoms with Crippen LogP contribution in [-0.2, 0) is 11.3 Å². The van der Waals surface area contributed by atoms with Crippen molar-refractivity contribution in [1.82, 2.24) is 15.4 Å². The van der Waals surface area contributed by atoms with Gasteiger partial charge in [0, 0.05) is 17.0 Å². The lowest BCUT2D eigenvalue weighted by Gasteiger charge is -2.10. The number of hydrogen-bond acceptors (Lipinski definition) is 8. The van der Waals surface area contributed by atoms with Gasteiger partial charge in [0.2, 0.25) is 11.8 Å². The Balaban J connectivity index is 1.23. The van der Waals surface area contributed by atoms with Crippen LogP contribution in [0.4, 0.5) is 0 Å². The van der Waals surface area contributed by atoms with Gasteiger partial charge < -0.3 is 18.4 Å². The molecule has 2 aromatic heterocycles. The molecular formula is C29H20Cl3N3O5. The molecule has 202 valence electrons. The molecule has 2 heterocycles. The number of benzene rings is 3. The number of carbonyl (C=O) groups is 1. The van der Waals surface area contributed by atoms with Crippen molar-refractivity contribution < 1.29 is 23.2 Å². The number of aromatic nitrogens is 3. The quantitative estimate of drug-likeness (QED) is 0.165. The molecule has 0 spiro atoms. The maximum atomic E-state index is 11.9. The molecule has 0 saturated heterocycles. The summed E-state index contributed by atoms with van der Waals surface area (Å²) in [6.07, 6.45) is 2.05. The molecule has 0 atom stereocenters. The van der Waals surface area contributed by atoms with Crippen LogP contribution in [0.2, 0.25) is 15.1 Å². The summed E-state index contributed by atoms with van der Waals surface area (Å²) in [5.74, 6) is 1.61. The van der Waals surface area contributed by atoms with E-state index in [1.807, 2.05) is 0 Å². The lowest BCUT2D eigenvalue weighted by molar-refractivity contribution is 0.0601. The van der Waals surface area contributed by atoms with Crippen LogP contribution in [0, 0.1) is 0 Å². The van der Waals surface area contributed by atoms with Crippen LogP contribution in [0.25, 0.3) is 34.2 Å². The minimum absolute atomic E-state index is 0.184.